The Kier molecular flexibility index (Phi) is 69.8. The molecular formula is C32H68BI2O12PSSn. The Morgan fingerprint density at radius 2 is 1.12 bits per heavy atom. The Morgan fingerprint density at radius 1 is 0.800 bits per heavy atom. The molecule has 0 aromatic rings. The third kappa shape index (κ3) is 91.8. The molecule has 0 aliphatic rings. The van der Waals surface area contributed by atoms with Gasteiger partial charge < -0.3 is 39.5 Å². The number of hydrogen-bond acceptors (Lipinski definition) is 10. The summed E-state index contributed by atoms with van der Waals surface area (Å²) in [5, 5.41) is 32.4. The Morgan fingerprint density at radius 3 is 1.34 bits per heavy atom. The van der Waals surface area contributed by atoms with Gasteiger partial charge in [-0.05, 0) is 34.0 Å². The first-order chi connectivity index (χ1) is 25.2. The van der Waals surface area contributed by atoms with Crippen LogP contribution in [0.15, 0.2) is 0 Å². The number of aliphatic hydroxyl groups excluding tert-OH is 2. The van der Waals surface area contributed by atoms with Crippen molar-refractivity contribution in [3.05, 3.63) is 0 Å². The maximum atomic E-state index is 10.3. The van der Waals surface area contributed by atoms with Crippen molar-refractivity contribution in [3.63, 3.8) is 0 Å². The Balaban J connectivity index is -0.0000000995. The summed E-state index contributed by atoms with van der Waals surface area (Å²) < 4.78 is 41.2. The van der Waals surface area contributed by atoms with Crippen LogP contribution < -0.4 is 0 Å². The monoisotopic (exact) mass is 1100 g/mol. The van der Waals surface area contributed by atoms with Gasteiger partial charge in [0.25, 0.3) is 4.38 Å². The third-order valence-corrected chi connectivity index (χ3v) is 21.3. The van der Waals surface area contributed by atoms with E-state index < -0.39 is 44.7 Å². The number of carboxylic acid groups (broad SMARTS) is 2. The number of hydrogen-bond donors (Lipinski definition) is 4. The summed E-state index contributed by atoms with van der Waals surface area (Å²) in [6, 6.07) is 0. The van der Waals surface area contributed by atoms with E-state index in [9.17, 15) is 28.8 Å². The number of esters is 2. The fourth-order valence-electron chi connectivity index (χ4n) is 2.59. The van der Waals surface area contributed by atoms with Crippen molar-refractivity contribution in [2.24, 2.45) is 0 Å². The van der Waals surface area contributed by atoms with Crippen LogP contribution in [0.1, 0.15) is 127 Å². The minimum Gasteiger partial charge on any atom is -0.138 e. The summed E-state index contributed by atoms with van der Waals surface area (Å²) in [6.45, 7) is 8.36. The maximum absolute atomic E-state index is 10.3. The topological polar surface area (TPSA) is 202 Å². The molecule has 0 saturated heterocycles. The van der Waals surface area contributed by atoms with Crippen LogP contribution in [0.5, 0.6) is 0 Å². The van der Waals surface area contributed by atoms with Gasteiger partial charge in [-0.2, -0.15) is 0 Å². The fraction of sp³-hybridized carbons (Fsp3) is 0.812. The second-order valence-corrected chi connectivity index (χ2v) is 26.7. The summed E-state index contributed by atoms with van der Waals surface area (Å²) in [7, 11) is 5.94. The molecule has 0 aromatic heterocycles. The summed E-state index contributed by atoms with van der Waals surface area (Å²) in [6.07, 6.45) is 9.78. The summed E-state index contributed by atoms with van der Waals surface area (Å²) in [5.74, 6) is -2.62. The van der Waals surface area contributed by atoms with Crippen molar-refractivity contribution < 1.29 is 61.4 Å². The van der Waals surface area contributed by atoms with Gasteiger partial charge in [-0.1, -0.05) is 21.9 Å². The predicted molar refractivity (Wildman–Crippen MR) is 231 cm³/mol. The zero-order valence-electron chi connectivity index (χ0n) is 35.1. The van der Waals surface area contributed by atoms with E-state index in [1.807, 2.05) is 13.8 Å². The maximum Gasteiger partial charge on any atom is 0.276 e. The molecule has 0 spiro atoms. The van der Waals surface area contributed by atoms with Gasteiger partial charge in [-0.3, -0.25) is 19.2 Å². The number of unbranched alkanes of at least 4 members (excludes halogenated alkanes) is 3. The molecule has 0 heterocycles. The quantitative estimate of drug-likeness (QED) is 0.0277. The molecule has 12 nitrogen and oxygen atoms in total. The zero-order chi connectivity index (χ0) is 44.0. The number of aliphatic hydroxyl groups is 2. The van der Waals surface area contributed by atoms with Crippen molar-refractivity contribution >= 4 is 119 Å². The van der Waals surface area contributed by atoms with Crippen LogP contribution in [-0.2, 0) is 45.3 Å². The van der Waals surface area contributed by atoms with Gasteiger partial charge >= 0.3 is 117 Å². The van der Waals surface area contributed by atoms with Crippen LogP contribution in [0.2, 0.25) is 13.3 Å². The second kappa shape index (κ2) is 64.1. The number of carboxylic acids is 2. The molecule has 1 unspecified atom stereocenters. The van der Waals surface area contributed by atoms with Gasteiger partial charge in [0.05, 0.1) is 29.8 Å². The van der Waals surface area contributed by atoms with Gasteiger partial charge in [-0.25, -0.2) is 0 Å². The number of aldehydes is 2. The molecule has 4 N–H and O–H groups in total. The summed E-state index contributed by atoms with van der Waals surface area (Å²) in [5.41, 5.74) is 0. The Bertz CT molecular complexity index is 902. The van der Waals surface area contributed by atoms with Crippen LogP contribution in [-0.4, -0.2) is 110 Å². The number of ether oxygens (including phenoxy) is 2. The first-order valence-electron chi connectivity index (χ1n) is 18.7. The molecule has 0 radical (unpaired) electrons. The van der Waals surface area contributed by atoms with E-state index >= 15 is 0 Å². The summed E-state index contributed by atoms with van der Waals surface area (Å²) >= 11 is 1.92. The zero-order valence-corrected chi connectivity index (χ0v) is 40.1. The Labute approximate surface area is 344 Å². The number of rotatable bonds is 22. The second-order valence-electron chi connectivity index (χ2n) is 9.23. The van der Waals surface area contributed by atoms with E-state index in [1.54, 1.807) is 0 Å². The molecule has 0 bridgehead atoms. The fourth-order valence-corrected chi connectivity index (χ4v) is 12.0. The number of halogens is 2. The van der Waals surface area contributed by atoms with Gasteiger partial charge in [0, 0.05) is 40.2 Å². The average molecular weight is 1100 g/mol. The molecule has 18 heteroatoms. The van der Waals surface area contributed by atoms with Crippen LogP contribution >= 0.6 is 51.6 Å². The predicted octanol–water partition coefficient (Wildman–Crippen LogP) is 7.32. The molecule has 0 rings (SSSR count). The number of methoxy groups -OCH3 is 2. The SMILES string of the molecule is CC.COC(=O)CCC=O.O=CCCC(=O)O.[2H][C@@H](O)CCC(=O)O.[2H][C@@H](O)CCC(=O)OC.[2H][Sn]([CH2]CCC)([CH2]CCC)[CH2]CCC.[3H]B(I)S(=P)I. The molecule has 300 valence electrons. The van der Waals surface area contributed by atoms with Gasteiger partial charge in [-0.15, -0.1) is 29.5 Å². The van der Waals surface area contributed by atoms with Crippen LogP contribution in [0.4, 0.5) is 0 Å². The normalized spacial score (nSPS) is 12.1. The molecule has 0 saturated carbocycles. The number of aliphatic carboxylic acids is 2. The molecule has 0 amide bonds. The van der Waals surface area contributed by atoms with Gasteiger partial charge in [0.15, 0.2) is 0 Å². The van der Waals surface area contributed by atoms with Crippen LogP contribution in [0.3, 0.4) is 0 Å². The van der Waals surface area contributed by atoms with Crippen LogP contribution in [0.25, 0.3) is 0 Å². The molecule has 0 aromatic carbocycles. The van der Waals surface area contributed by atoms with E-state index in [2.05, 4.69) is 81.8 Å². The van der Waals surface area contributed by atoms with E-state index in [0.717, 1.165) is 0 Å². The standard InChI is InChI=1S/C5H10O3.C5H8O3.C4H8O3.C4H6O3.3C4H9.C2H6.BH2I2PS.Sn.H/c2*1-8-5(7)3-2-4-6;2*5-3-1-2-4(6)7;3*1-3-4-2;1-2;2-1-5(3)4;;/h6H,2-4H2,1H3;4H,2-3H2,1H3;5H,1-3H2,(H,6,7);3H,1-2H2,(H,6,7);3*1,3-4H2,2H3;1-2H3;1,4H;;/i4D;;3D;;;;;;1T;;1+1/t4-;;3-;;;;;;;;/m1.1......../s1. The van der Waals surface area contributed by atoms with Crippen molar-refractivity contribution in [1.82, 2.24) is 0 Å². The number of carbonyl (C=O) groups excluding carboxylic acids is 4. The van der Waals surface area contributed by atoms with Crippen molar-refractivity contribution in [3.8, 4) is 0 Å². The molecule has 50 heavy (non-hydrogen) atoms. The van der Waals surface area contributed by atoms with Crippen molar-refractivity contribution in [1.29, 1.82) is 1.93 Å². The third-order valence-electron chi connectivity index (χ3n) is 5.09. The van der Waals surface area contributed by atoms with Gasteiger partial charge in [0.1, 0.15) is 12.6 Å². The minimum absolute atomic E-state index is 0.000123. The first kappa shape index (κ1) is 54.5. The van der Waals surface area contributed by atoms with Gasteiger partial charge in [0.2, 0.25) is 0 Å². The smallest absolute Gasteiger partial charge is 0.138 e. The van der Waals surface area contributed by atoms with Crippen molar-refractivity contribution in [2.45, 2.75) is 138 Å². The van der Waals surface area contributed by atoms with Crippen LogP contribution in [0, 0.1) is 0 Å². The average Bonchev–Trinajstić information content (AvgIpc) is 3.13. The Hall–Kier alpha value is 0.114. The van der Waals surface area contributed by atoms with E-state index in [-0.39, 0.29) is 74.8 Å². The molecule has 0 fully saturated rings. The summed E-state index contributed by atoms with van der Waals surface area (Å²) in [4.78, 5) is 58.9. The largest absolute Gasteiger partial charge is 0.276 e. The molecule has 0 aliphatic carbocycles. The molecular weight excluding hydrogens is 1020 g/mol. The number of carbonyl (C=O) groups is 6. The molecule has 0 aliphatic heterocycles. The van der Waals surface area contributed by atoms with E-state index in [0.29, 0.717) is 12.6 Å². The first-order valence-corrected chi connectivity index (χ1v) is 28.9. The van der Waals surface area contributed by atoms with E-state index in [4.69, 9.17) is 25.1 Å². The molecule has 3 atom stereocenters. The van der Waals surface area contributed by atoms with Crippen molar-refractivity contribution in [2.75, 3.05) is 27.4 Å². The minimum atomic E-state index is -2.31. The van der Waals surface area contributed by atoms with E-state index in [1.165, 1.54) is 66.1 Å².